The van der Waals surface area contributed by atoms with Gasteiger partial charge in [0.1, 0.15) is 5.92 Å². The van der Waals surface area contributed by atoms with Gasteiger partial charge in [-0.3, -0.25) is 4.79 Å². The van der Waals surface area contributed by atoms with E-state index in [-0.39, 0.29) is 0 Å². The molecule has 23 heavy (non-hydrogen) atoms. The molecule has 3 rings (SSSR count). The third kappa shape index (κ3) is 3.30. The molecule has 1 aliphatic rings. The molecule has 0 saturated heterocycles. The van der Waals surface area contributed by atoms with Gasteiger partial charge in [0.25, 0.3) is 0 Å². The minimum atomic E-state index is -1.13. The molecule has 3 nitrogen and oxygen atoms in total. The van der Waals surface area contributed by atoms with E-state index in [1.165, 1.54) is 0 Å². The van der Waals surface area contributed by atoms with E-state index in [1.807, 2.05) is 54.6 Å². The van der Waals surface area contributed by atoms with E-state index in [2.05, 4.69) is 0 Å². The monoisotopic (exact) mass is 310 g/mol. The molecule has 1 saturated carbocycles. The van der Waals surface area contributed by atoms with Crippen LogP contribution in [-0.4, -0.2) is 21.8 Å². The van der Waals surface area contributed by atoms with Gasteiger partial charge in [-0.05, 0) is 29.5 Å². The van der Waals surface area contributed by atoms with Crippen LogP contribution in [0.15, 0.2) is 54.6 Å². The number of benzene rings is 2. The molecule has 3 heteroatoms. The zero-order valence-corrected chi connectivity index (χ0v) is 13.1. The number of carboxylic acids is 1. The summed E-state index contributed by atoms with van der Waals surface area (Å²) in [6, 6.07) is 17.5. The zero-order valence-electron chi connectivity index (χ0n) is 13.1. The molecule has 0 aromatic heterocycles. The van der Waals surface area contributed by atoms with Crippen LogP contribution in [0.5, 0.6) is 0 Å². The lowest BCUT2D eigenvalue weighted by Gasteiger charge is -2.37. The van der Waals surface area contributed by atoms with Crippen molar-refractivity contribution in [3.05, 3.63) is 60.2 Å². The molecule has 1 unspecified atom stereocenters. The SMILES string of the molecule is O=C(O)C(c1ccc(-c2ccccc2)cc1)C1(O)CCCCC1. The molecule has 2 aromatic carbocycles. The highest BCUT2D eigenvalue weighted by Crippen LogP contribution is 2.40. The van der Waals surface area contributed by atoms with Crippen LogP contribution >= 0.6 is 0 Å². The van der Waals surface area contributed by atoms with Crippen molar-refractivity contribution in [1.82, 2.24) is 0 Å². The Hall–Kier alpha value is -2.13. The Morgan fingerprint density at radius 3 is 2.00 bits per heavy atom. The van der Waals surface area contributed by atoms with Crippen molar-refractivity contribution in [3.8, 4) is 11.1 Å². The molecule has 1 atom stereocenters. The van der Waals surface area contributed by atoms with Crippen molar-refractivity contribution < 1.29 is 15.0 Å². The zero-order chi connectivity index (χ0) is 16.3. The summed E-state index contributed by atoms with van der Waals surface area (Å²) in [5.41, 5.74) is 1.70. The summed E-state index contributed by atoms with van der Waals surface area (Å²) in [6.07, 6.45) is 3.97. The van der Waals surface area contributed by atoms with Crippen LogP contribution in [0.1, 0.15) is 43.6 Å². The molecule has 2 aromatic rings. The van der Waals surface area contributed by atoms with E-state index in [9.17, 15) is 15.0 Å². The number of carboxylic acid groups (broad SMARTS) is 1. The summed E-state index contributed by atoms with van der Waals surface area (Å²) in [5.74, 6) is -1.80. The van der Waals surface area contributed by atoms with Gasteiger partial charge in [0.2, 0.25) is 0 Å². The van der Waals surface area contributed by atoms with Crippen LogP contribution < -0.4 is 0 Å². The fourth-order valence-corrected chi connectivity index (χ4v) is 3.63. The van der Waals surface area contributed by atoms with E-state index in [0.717, 1.165) is 30.4 Å². The first-order valence-electron chi connectivity index (χ1n) is 8.21. The Balaban J connectivity index is 1.90. The third-order valence-electron chi connectivity index (χ3n) is 4.85. The first kappa shape index (κ1) is 15.8. The minimum Gasteiger partial charge on any atom is -0.481 e. The van der Waals surface area contributed by atoms with Crippen molar-refractivity contribution in [2.75, 3.05) is 0 Å². The lowest BCUT2D eigenvalue weighted by molar-refractivity contribution is -0.147. The fraction of sp³-hybridized carbons (Fsp3) is 0.350. The highest BCUT2D eigenvalue weighted by Gasteiger charge is 2.43. The van der Waals surface area contributed by atoms with Gasteiger partial charge in [0, 0.05) is 0 Å². The Morgan fingerprint density at radius 1 is 0.870 bits per heavy atom. The van der Waals surface area contributed by atoms with Crippen LogP contribution in [0.25, 0.3) is 11.1 Å². The molecule has 0 aliphatic heterocycles. The predicted octanol–water partition coefficient (Wildman–Crippen LogP) is 4.22. The highest BCUT2D eigenvalue weighted by atomic mass is 16.4. The van der Waals surface area contributed by atoms with Crippen molar-refractivity contribution in [2.24, 2.45) is 0 Å². The molecular formula is C20H22O3. The van der Waals surface area contributed by atoms with Crippen molar-refractivity contribution in [1.29, 1.82) is 0 Å². The Morgan fingerprint density at radius 2 is 1.43 bits per heavy atom. The fourth-order valence-electron chi connectivity index (χ4n) is 3.63. The van der Waals surface area contributed by atoms with E-state index in [4.69, 9.17) is 0 Å². The van der Waals surface area contributed by atoms with Crippen molar-refractivity contribution in [2.45, 2.75) is 43.6 Å². The summed E-state index contributed by atoms with van der Waals surface area (Å²) in [4.78, 5) is 11.8. The first-order chi connectivity index (χ1) is 11.1. The molecule has 0 bridgehead atoms. The topological polar surface area (TPSA) is 57.5 Å². The number of rotatable bonds is 4. The van der Waals surface area contributed by atoms with E-state index < -0.39 is 17.5 Å². The second-order valence-electron chi connectivity index (χ2n) is 6.42. The highest BCUT2D eigenvalue weighted by molar-refractivity contribution is 5.78. The molecular weight excluding hydrogens is 288 g/mol. The molecule has 120 valence electrons. The van der Waals surface area contributed by atoms with Crippen LogP contribution in [0.4, 0.5) is 0 Å². The van der Waals surface area contributed by atoms with Crippen LogP contribution in [-0.2, 0) is 4.79 Å². The average molecular weight is 310 g/mol. The Labute approximate surface area is 136 Å². The number of carbonyl (C=O) groups is 1. The maximum atomic E-state index is 11.8. The third-order valence-corrected chi connectivity index (χ3v) is 4.85. The molecule has 0 heterocycles. The molecule has 2 N–H and O–H groups in total. The molecule has 0 spiro atoms. The predicted molar refractivity (Wildman–Crippen MR) is 90.3 cm³/mol. The normalized spacial score (nSPS) is 18.3. The first-order valence-corrected chi connectivity index (χ1v) is 8.21. The number of hydrogen-bond donors (Lipinski definition) is 2. The van der Waals surface area contributed by atoms with Gasteiger partial charge in [0.05, 0.1) is 5.60 Å². The number of aliphatic hydroxyl groups is 1. The minimum absolute atomic E-state index is 0.560. The standard InChI is InChI=1S/C20H22O3/c21-19(22)18(20(23)13-5-2-6-14-20)17-11-9-16(10-12-17)15-7-3-1-4-8-15/h1,3-4,7-12,18,23H,2,5-6,13-14H2,(H,21,22). The smallest absolute Gasteiger partial charge is 0.313 e. The van der Waals surface area contributed by atoms with E-state index in [1.54, 1.807) is 0 Å². The second kappa shape index (κ2) is 6.55. The number of hydrogen-bond acceptors (Lipinski definition) is 2. The maximum Gasteiger partial charge on any atom is 0.313 e. The lowest BCUT2D eigenvalue weighted by atomic mass is 9.72. The van der Waals surface area contributed by atoms with Crippen LogP contribution in [0.2, 0.25) is 0 Å². The summed E-state index contributed by atoms with van der Waals surface area (Å²) < 4.78 is 0. The summed E-state index contributed by atoms with van der Waals surface area (Å²) in [6.45, 7) is 0. The van der Waals surface area contributed by atoms with Gasteiger partial charge < -0.3 is 10.2 Å². The van der Waals surface area contributed by atoms with Gasteiger partial charge in [-0.1, -0.05) is 73.9 Å². The van der Waals surface area contributed by atoms with Gasteiger partial charge in [-0.15, -0.1) is 0 Å². The van der Waals surface area contributed by atoms with Gasteiger partial charge >= 0.3 is 5.97 Å². The number of aliphatic carboxylic acids is 1. The van der Waals surface area contributed by atoms with Crippen molar-refractivity contribution in [3.63, 3.8) is 0 Å². The van der Waals surface area contributed by atoms with E-state index >= 15 is 0 Å². The summed E-state index contributed by atoms with van der Waals surface area (Å²) in [7, 11) is 0. The largest absolute Gasteiger partial charge is 0.481 e. The van der Waals surface area contributed by atoms with Crippen molar-refractivity contribution >= 4 is 5.97 Å². The Bertz CT molecular complexity index is 655. The second-order valence-corrected chi connectivity index (χ2v) is 6.42. The molecule has 0 radical (unpaired) electrons. The molecule has 0 amide bonds. The van der Waals surface area contributed by atoms with Crippen LogP contribution in [0.3, 0.4) is 0 Å². The molecule has 1 fully saturated rings. The molecule has 1 aliphatic carbocycles. The summed E-state index contributed by atoms with van der Waals surface area (Å²) >= 11 is 0. The van der Waals surface area contributed by atoms with Gasteiger partial charge in [-0.2, -0.15) is 0 Å². The van der Waals surface area contributed by atoms with Gasteiger partial charge in [-0.25, -0.2) is 0 Å². The van der Waals surface area contributed by atoms with Gasteiger partial charge in [0.15, 0.2) is 0 Å². The quantitative estimate of drug-likeness (QED) is 0.889. The Kier molecular flexibility index (Phi) is 4.49. The van der Waals surface area contributed by atoms with E-state index in [0.29, 0.717) is 18.4 Å². The maximum absolute atomic E-state index is 11.8. The average Bonchev–Trinajstić information content (AvgIpc) is 2.56. The van der Waals surface area contributed by atoms with Crippen LogP contribution in [0, 0.1) is 0 Å². The summed E-state index contributed by atoms with van der Waals surface area (Å²) in [5, 5.41) is 20.5. The lowest BCUT2D eigenvalue weighted by Crippen LogP contribution is -2.42.